The number of nitrogens with zero attached hydrogens (tertiary/aromatic N) is 4. The Hall–Kier alpha value is -2.93. The predicted molar refractivity (Wildman–Crippen MR) is 107 cm³/mol. The maximum atomic E-state index is 13.3. The molecular formula is C21H26N4O3. The van der Waals surface area contributed by atoms with Crippen molar-refractivity contribution in [3.05, 3.63) is 59.4 Å². The number of para-hydroxylation sites is 1. The number of carbonyl (C=O) groups excluding carboxylic acids is 2. The normalized spacial score (nSPS) is 14.6. The van der Waals surface area contributed by atoms with Crippen LogP contribution in [-0.2, 0) is 11.3 Å². The summed E-state index contributed by atoms with van der Waals surface area (Å²) < 4.78 is 4.71. The number of methoxy groups -OCH3 is 1. The van der Waals surface area contributed by atoms with E-state index in [0.29, 0.717) is 30.9 Å². The number of hydrogen-bond donors (Lipinski definition) is 0. The topological polar surface area (TPSA) is 66.0 Å². The lowest BCUT2D eigenvalue weighted by Crippen LogP contribution is -2.52. The number of benzene rings is 1. The molecule has 3 rings (SSSR count). The number of anilines is 1. The predicted octanol–water partition coefficient (Wildman–Crippen LogP) is 2.55. The number of hydrogen-bond acceptors (Lipinski definition) is 5. The van der Waals surface area contributed by atoms with Crippen LogP contribution in [0.15, 0.2) is 42.6 Å². The maximum absolute atomic E-state index is 13.3. The van der Waals surface area contributed by atoms with E-state index < -0.39 is 5.97 Å². The third-order valence-corrected chi connectivity index (χ3v) is 4.98. The van der Waals surface area contributed by atoms with Crippen LogP contribution in [-0.4, -0.2) is 67.1 Å². The van der Waals surface area contributed by atoms with Crippen molar-refractivity contribution in [3.8, 4) is 0 Å². The van der Waals surface area contributed by atoms with Crippen molar-refractivity contribution >= 4 is 17.7 Å². The summed E-state index contributed by atoms with van der Waals surface area (Å²) in [4.78, 5) is 35.2. The number of ether oxygens (including phenoxy) is 1. The van der Waals surface area contributed by atoms with Crippen molar-refractivity contribution in [1.29, 1.82) is 0 Å². The molecule has 0 atom stereocenters. The summed E-state index contributed by atoms with van der Waals surface area (Å²) in [6, 6.07) is 11.2. The number of rotatable bonds is 4. The van der Waals surface area contributed by atoms with Gasteiger partial charge in [0, 0.05) is 38.1 Å². The van der Waals surface area contributed by atoms with Crippen LogP contribution in [0.3, 0.4) is 0 Å². The van der Waals surface area contributed by atoms with Gasteiger partial charge in [-0.3, -0.25) is 9.88 Å². The van der Waals surface area contributed by atoms with E-state index in [1.807, 2.05) is 36.1 Å². The number of carbonyl (C=O) groups is 2. The monoisotopic (exact) mass is 382 g/mol. The molecule has 1 aromatic heterocycles. The molecule has 0 N–H and O–H groups in total. The smallest absolute Gasteiger partial charge is 0.339 e. The van der Waals surface area contributed by atoms with Gasteiger partial charge in [-0.25, -0.2) is 9.59 Å². The molecule has 148 valence electrons. The van der Waals surface area contributed by atoms with Gasteiger partial charge in [-0.15, -0.1) is 0 Å². The number of piperazine rings is 1. The Bertz CT molecular complexity index is 830. The van der Waals surface area contributed by atoms with E-state index in [9.17, 15) is 9.59 Å². The first-order valence-corrected chi connectivity index (χ1v) is 9.33. The Morgan fingerprint density at radius 2 is 1.82 bits per heavy atom. The molecular weight excluding hydrogens is 356 g/mol. The Morgan fingerprint density at radius 3 is 2.43 bits per heavy atom. The van der Waals surface area contributed by atoms with E-state index >= 15 is 0 Å². The first kappa shape index (κ1) is 19.8. The van der Waals surface area contributed by atoms with Crippen LogP contribution < -0.4 is 4.90 Å². The molecule has 1 aromatic carbocycles. The fourth-order valence-corrected chi connectivity index (χ4v) is 3.21. The summed E-state index contributed by atoms with van der Waals surface area (Å²) >= 11 is 0. The van der Waals surface area contributed by atoms with E-state index in [4.69, 9.17) is 4.74 Å². The average Bonchev–Trinajstić information content (AvgIpc) is 2.72. The maximum Gasteiger partial charge on any atom is 0.339 e. The number of urea groups is 1. The molecule has 0 aliphatic carbocycles. The largest absolute Gasteiger partial charge is 0.465 e. The number of amides is 2. The molecule has 0 bridgehead atoms. The summed E-state index contributed by atoms with van der Waals surface area (Å²) in [5.41, 5.74) is 2.99. The van der Waals surface area contributed by atoms with Gasteiger partial charge in [-0.2, -0.15) is 0 Å². The highest BCUT2D eigenvalue weighted by Gasteiger charge is 2.26. The van der Waals surface area contributed by atoms with Crippen LogP contribution >= 0.6 is 0 Å². The van der Waals surface area contributed by atoms with Gasteiger partial charge in [0.05, 0.1) is 24.9 Å². The number of aromatic nitrogens is 1. The van der Waals surface area contributed by atoms with Crippen LogP contribution in [0.25, 0.3) is 0 Å². The molecule has 28 heavy (non-hydrogen) atoms. The molecule has 7 nitrogen and oxygen atoms in total. The molecule has 1 fully saturated rings. The molecule has 0 spiro atoms. The minimum atomic E-state index is -0.427. The van der Waals surface area contributed by atoms with Crippen LogP contribution in [0.1, 0.15) is 21.6 Å². The summed E-state index contributed by atoms with van der Waals surface area (Å²) in [5.74, 6) is -0.427. The number of pyridine rings is 1. The molecule has 2 amide bonds. The number of likely N-dealkylation sites (N-methyl/N-ethyl adjacent to an activating group) is 1. The van der Waals surface area contributed by atoms with Crippen molar-refractivity contribution in [2.45, 2.75) is 13.5 Å². The van der Waals surface area contributed by atoms with E-state index in [0.717, 1.165) is 24.3 Å². The van der Waals surface area contributed by atoms with Crippen LogP contribution in [0, 0.1) is 6.92 Å². The van der Waals surface area contributed by atoms with Crippen LogP contribution in [0.4, 0.5) is 10.5 Å². The van der Waals surface area contributed by atoms with Gasteiger partial charge in [0.15, 0.2) is 0 Å². The zero-order valence-corrected chi connectivity index (χ0v) is 16.6. The molecule has 2 aromatic rings. The lowest BCUT2D eigenvalue weighted by Gasteiger charge is -2.36. The Kier molecular flexibility index (Phi) is 6.26. The summed E-state index contributed by atoms with van der Waals surface area (Å²) in [6.45, 7) is 5.45. The van der Waals surface area contributed by atoms with Crippen molar-refractivity contribution in [2.24, 2.45) is 0 Å². The molecule has 7 heteroatoms. The SMILES string of the molecule is COC(=O)c1ccc(CN(C(=O)N2CCN(C)CC2)c2ccccc2C)nc1. The molecule has 1 aliphatic heterocycles. The minimum Gasteiger partial charge on any atom is -0.465 e. The second kappa shape index (κ2) is 8.84. The third-order valence-electron chi connectivity index (χ3n) is 4.98. The fraction of sp³-hybridized carbons (Fsp3) is 0.381. The van der Waals surface area contributed by atoms with Gasteiger partial charge in [0.1, 0.15) is 0 Å². The first-order valence-electron chi connectivity index (χ1n) is 9.33. The number of aryl methyl sites for hydroxylation is 1. The van der Waals surface area contributed by atoms with Gasteiger partial charge in [0.2, 0.25) is 0 Å². The molecule has 0 saturated carbocycles. The Labute approximate surface area is 165 Å². The highest BCUT2D eigenvalue weighted by Crippen LogP contribution is 2.23. The van der Waals surface area contributed by atoms with Gasteiger partial charge >= 0.3 is 12.0 Å². The van der Waals surface area contributed by atoms with E-state index in [-0.39, 0.29) is 6.03 Å². The van der Waals surface area contributed by atoms with Gasteiger partial charge in [-0.05, 0) is 37.7 Å². The lowest BCUT2D eigenvalue weighted by atomic mass is 10.1. The highest BCUT2D eigenvalue weighted by molar-refractivity contribution is 5.93. The first-order chi connectivity index (χ1) is 13.5. The van der Waals surface area contributed by atoms with Gasteiger partial charge < -0.3 is 14.5 Å². The second-order valence-electron chi connectivity index (χ2n) is 6.98. The van der Waals surface area contributed by atoms with Crippen molar-refractivity contribution in [3.63, 3.8) is 0 Å². The minimum absolute atomic E-state index is 0.0266. The summed E-state index contributed by atoms with van der Waals surface area (Å²) in [5, 5.41) is 0. The zero-order chi connectivity index (χ0) is 20.1. The number of esters is 1. The molecule has 0 unspecified atom stereocenters. The van der Waals surface area contributed by atoms with Crippen LogP contribution in [0.2, 0.25) is 0 Å². The average molecular weight is 382 g/mol. The third kappa shape index (κ3) is 4.48. The van der Waals surface area contributed by atoms with E-state index in [2.05, 4.69) is 16.9 Å². The molecule has 1 saturated heterocycles. The van der Waals surface area contributed by atoms with E-state index in [1.54, 1.807) is 17.0 Å². The van der Waals surface area contributed by atoms with E-state index in [1.165, 1.54) is 13.3 Å². The van der Waals surface area contributed by atoms with Crippen molar-refractivity contribution in [2.75, 3.05) is 45.2 Å². The molecule has 1 aliphatic rings. The standard InChI is InChI=1S/C21H26N4O3/c1-16-6-4-5-7-19(16)25(21(27)24-12-10-23(2)11-13-24)15-18-9-8-17(14-22-18)20(26)28-3/h4-9,14H,10-13,15H2,1-3H3. The quantitative estimate of drug-likeness (QED) is 0.761. The Balaban J connectivity index is 1.85. The van der Waals surface area contributed by atoms with Gasteiger partial charge in [0.25, 0.3) is 0 Å². The fourth-order valence-electron chi connectivity index (χ4n) is 3.21. The molecule has 0 radical (unpaired) electrons. The zero-order valence-electron chi connectivity index (χ0n) is 16.6. The summed E-state index contributed by atoms with van der Waals surface area (Å²) in [7, 11) is 3.40. The Morgan fingerprint density at radius 1 is 1.11 bits per heavy atom. The summed E-state index contributed by atoms with van der Waals surface area (Å²) in [6.07, 6.45) is 1.48. The highest BCUT2D eigenvalue weighted by atomic mass is 16.5. The molecule has 2 heterocycles. The van der Waals surface area contributed by atoms with Crippen molar-refractivity contribution < 1.29 is 14.3 Å². The van der Waals surface area contributed by atoms with Crippen LogP contribution in [0.5, 0.6) is 0 Å². The van der Waals surface area contributed by atoms with Crippen molar-refractivity contribution in [1.82, 2.24) is 14.8 Å². The lowest BCUT2D eigenvalue weighted by molar-refractivity contribution is 0.0600. The second-order valence-corrected chi connectivity index (χ2v) is 6.98. The van der Waals surface area contributed by atoms with Gasteiger partial charge in [-0.1, -0.05) is 18.2 Å².